The molecule has 2 aromatic heterocycles. The van der Waals surface area contributed by atoms with Crippen molar-refractivity contribution in [2.75, 3.05) is 19.0 Å². The molecule has 1 saturated carbocycles. The van der Waals surface area contributed by atoms with Crippen LogP contribution in [-0.4, -0.2) is 34.7 Å². The van der Waals surface area contributed by atoms with Crippen LogP contribution in [0.1, 0.15) is 50.9 Å². The van der Waals surface area contributed by atoms with Gasteiger partial charge in [0.05, 0.1) is 19.8 Å². The fraction of sp³-hybridized carbons (Fsp3) is 0.500. The molecule has 0 bridgehead atoms. The topological polar surface area (TPSA) is 75.9 Å². The maximum absolute atomic E-state index is 6.24. The summed E-state index contributed by atoms with van der Waals surface area (Å²) >= 11 is 0. The van der Waals surface area contributed by atoms with Gasteiger partial charge in [0.1, 0.15) is 0 Å². The van der Waals surface area contributed by atoms with Gasteiger partial charge in [0.2, 0.25) is 12.1 Å². The Morgan fingerprint density at radius 2 is 2.03 bits per heavy atom. The molecule has 1 aromatic carbocycles. The van der Waals surface area contributed by atoms with Gasteiger partial charge < -0.3 is 19.8 Å². The Morgan fingerprint density at radius 1 is 1.21 bits per heavy atom. The van der Waals surface area contributed by atoms with Crippen LogP contribution in [0.2, 0.25) is 0 Å². The lowest BCUT2D eigenvalue weighted by molar-refractivity contribution is -0.672. The molecule has 154 valence electrons. The van der Waals surface area contributed by atoms with E-state index < -0.39 is 0 Å². The highest BCUT2D eigenvalue weighted by molar-refractivity contribution is 5.80. The molecule has 2 N–H and O–H groups in total. The van der Waals surface area contributed by atoms with E-state index in [2.05, 4.69) is 45.8 Å². The lowest BCUT2D eigenvalue weighted by Crippen LogP contribution is -2.34. The van der Waals surface area contributed by atoms with E-state index >= 15 is 0 Å². The molecule has 3 aromatic rings. The number of aromatic nitrogens is 4. The summed E-state index contributed by atoms with van der Waals surface area (Å²) < 4.78 is 13.8. The Kier molecular flexibility index (Phi) is 5.83. The molecule has 7 nitrogen and oxygen atoms in total. The molecule has 1 aliphatic carbocycles. The largest absolute Gasteiger partial charge is 0.493 e. The third-order valence-corrected chi connectivity index (χ3v) is 5.45. The van der Waals surface area contributed by atoms with E-state index in [1.165, 1.54) is 12.8 Å². The Bertz CT molecular complexity index is 979. The summed E-state index contributed by atoms with van der Waals surface area (Å²) in [6.45, 7) is 5.79. The molecule has 0 spiro atoms. The lowest BCUT2D eigenvalue weighted by Gasteiger charge is -2.16. The smallest absolute Gasteiger partial charge is 0.293 e. The zero-order valence-electron chi connectivity index (χ0n) is 17.5. The van der Waals surface area contributed by atoms with Crippen LogP contribution >= 0.6 is 0 Å². The molecule has 2 heterocycles. The molecule has 1 fully saturated rings. The number of anilines is 1. The Balaban J connectivity index is 1.63. The Labute approximate surface area is 171 Å². The fourth-order valence-electron chi connectivity index (χ4n) is 3.95. The normalized spacial score (nSPS) is 14.4. The minimum absolute atomic E-state index is 0.294. The highest BCUT2D eigenvalue weighted by Gasteiger charge is 2.21. The number of imidazole rings is 1. The van der Waals surface area contributed by atoms with Crippen molar-refractivity contribution in [1.82, 2.24) is 15.0 Å². The van der Waals surface area contributed by atoms with E-state index in [0.29, 0.717) is 12.5 Å². The first-order valence-electron chi connectivity index (χ1n) is 10.6. The van der Waals surface area contributed by atoms with E-state index in [1.807, 2.05) is 12.4 Å². The van der Waals surface area contributed by atoms with Crippen LogP contribution in [0, 0.1) is 0 Å². The minimum atomic E-state index is 0.294. The van der Waals surface area contributed by atoms with Crippen LogP contribution in [0.15, 0.2) is 24.5 Å². The summed E-state index contributed by atoms with van der Waals surface area (Å²) in [4.78, 5) is 12.8. The van der Waals surface area contributed by atoms with Crippen molar-refractivity contribution in [3.63, 3.8) is 0 Å². The number of benzene rings is 1. The number of aryl methyl sites for hydroxylation is 1. The first-order chi connectivity index (χ1) is 14.2. The molecule has 0 amide bonds. The molecule has 0 saturated heterocycles. The zero-order valence-corrected chi connectivity index (χ0v) is 17.5. The number of rotatable bonds is 8. The number of ether oxygens (including phenoxy) is 2. The number of hydrogen-bond donors (Lipinski definition) is 2. The average molecular weight is 397 g/mol. The molecule has 7 heteroatoms. The molecule has 0 radical (unpaired) electrons. The maximum atomic E-state index is 6.24. The number of nitrogens with zero attached hydrogens (tertiary/aromatic N) is 3. The van der Waals surface area contributed by atoms with Gasteiger partial charge in [-0.1, -0.05) is 16.0 Å². The van der Waals surface area contributed by atoms with Gasteiger partial charge >= 0.3 is 0 Å². The predicted molar refractivity (Wildman–Crippen MR) is 113 cm³/mol. The first kappa shape index (κ1) is 19.5. The number of nitrogens with one attached hydrogen (secondary N) is 2. The van der Waals surface area contributed by atoms with E-state index in [9.17, 15) is 0 Å². The number of hydrogen-bond acceptors (Lipinski definition) is 5. The van der Waals surface area contributed by atoms with E-state index in [0.717, 1.165) is 65.8 Å². The highest BCUT2D eigenvalue weighted by atomic mass is 16.5. The van der Waals surface area contributed by atoms with Crippen LogP contribution in [0.25, 0.3) is 11.2 Å². The van der Waals surface area contributed by atoms with Gasteiger partial charge in [-0.15, -0.1) is 0 Å². The van der Waals surface area contributed by atoms with Crippen molar-refractivity contribution in [3.05, 3.63) is 35.9 Å². The second-order valence-electron chi connectivity index (χ2n) is 7.48. The Hall–Kier alpha value is -2.83. The van der Waals surface area contributed by atoms with Crippen molar-refractivity contribution in [2.45, 2.75) is 58.6 Å². The predicted octanol–water partition coefficient (Wildman–Crippen LogP) is 3.62. The second-order valence-corrected chi connectivity index (χ2v) is 7.48. The molecule has 0 aliphatic heterocycles. The maximum Gasteiger partial charge on any atom is 0.293 e. The Morgan fingerprint density at radius 3 is 2.76 bits per heavy atom. The summed E-state index contributed by atoms with van der Waals surface area (Å²) in [6, 6.07) is 6.15. The van der Waals surface area contributed by atoms with E-state index in [4.69, 9.17) is 14.5 Å². The van der Waals surface area contributed by atoms with E-state index in [1.54, 1.807) is 7.11 Å². The van der Waals surface area contributed by atoms with Crippen molar-refractivity contribution < 1.29 is 14.0 Å². The van der Waals surface area contributed by atoms with Gasteiger partial charge in [-0.25, -0.2) is 4.57 Å². The molecule has 1 aliphatic rings. The summed E-state index contributed by atoms with van der Waals surface area (Å²) in [5.74, 6) is 3.36. The number of H-pyrrole nitrogens is 1. The van der Waals surface area contributed by atoms with Gasteiger partial charge in [-0.3, -0.25) is 0 Å². The summed E-state index contributed by atoms with van der Waals surface area (Å²) in [5, 5.41) is 3.31. The molecule has 29 heavy (non-hydrogen) atoms. The highest BCUT2D eigenvalue weighted by Crippen LogP contribution is 2.33. The first-order valence-corrected chi connectivity index (χ1v) is 10.6. The van der Waals surface area contributed by atoms with Crippen LogP contribution < -0.4 is 19.4 Å². The molecule has 0 unspecified atom stereocenters. The molecular formula is C22H30N5O2+. The number of methoxy groups -OCH3 is 1. The third kappa shape index (κ3) is 4.13. The van der Waals surface area contributed by atoms with Gasteiger partial charge in [-0.05, 0) is 57.2 Å². The fourth-order valence-corrected chi connectivity index (χ4v) is 3.95. The standard InChI is InChI=1S/C22H29N5O2/c1-4-23-21-20-22(27(5-2)14-24-21)26-19(25-20)13-15-10-11-17(28-3)18(12-15)29-16-8-6-7-9-16/h10-12,14,16H,4-9,13H2,1-3H3,(H,23,25,26)/p+1. The number of fused-ring (bicyclic) bond motifs is 1. The summed E-state index contributed by atoms with van der Waals surface area (Å²) in [5.41, 5.74) is 3.00. The molecule has 0 atom stereocenters. The van der Waals surface area contributed by atoms with Crippen molar-refractivity contribution in [2.24, 2.45) is 0 Å². The van der Waals surface area contributed by atoms with Gasteiger partial charge in [0, 0.05) is 13.0 Å². The molecular weight excluding hydrogens is 366 g/mol. The van der Waals surface area contributed by atoms with Gasteiger partial charge in [0.25, 0.3) is 5.65 Å². The van der Waals surface area contributed by atoms with Crippen LogP contribution in [0.3, 0.4) is 0 Å². The van der Waals surface area contributed by atoms with Crippen LogP contribution in [-0.2, 0) is 13.0 Å². The van der Waals surface area contributed by atoms with Crippen molar-refractivity contribution in [3.8, 4) is 11.5 Å². The monoisotopic (exact) mass is 396 g/mol. The average Bonchev–Trinajstić information content (AvgIpc) is 3.39. The summed E-state index contributed by atoms with van der Waals surface area (Å²) in [6.07, 6.45) is 7.54. The second kappa shape index (κ2) is 8.68. The van der Waals surface area contributed by atoms with Crippen molar-refractivity contribution >= 4 is 17.0 Å². The van der Waals surface area contributed by atoms with Gasteiger partial charge in [-0.2, -0.15) is 0 Å². The van der Waals surface area contributed by atoms with Gasteiger partial charge in [0.15, 0.2) is 22.8 Å². The zero-order chi connectivity index (χ0) is 20.2. The SMILES string of the molecule is CCNc1nc[n+](CC)c2nc(Cc3ccc(OC)c(OC4CCCC4)c3)[nH]c12. The van der Waals surface area contributed by atoms with Crippen molar-refractivity contribution in [1.29, 1.82) is 0 Å². The summed E-state index contributed by atoms with van der Waals surface area (Å²) in [7, 11) is 1.69. The third-order valence-electron chi connectivity index (χ3n) is 5.45. The minimum Gasteiger partial charge on any atom is -0.493 e. The lowest BCUT2D eigenvalue weighted by atomic mass is 10.1. The van der Waals surface area contributed by atoms with Crippen LogP contribution in [0.4, 0.5) is 5.82 Å². The quantitative estimate of drug-likeness (QED) is 0.569. The number of aromatic amines is 1. The van der Waals surface area contributed by atoms with E-state index in [-0.39, 0.29) is 0 Å². The van der Waals surface area contributed by atoms with Crippen LogP contribution in [0.5, 0.6) is 11.5 Å². The molecule has 4 rings (SSSR count).